The van der Waals surface area contributed by atoms with Crippen LogP contribution in [0.4, 0.5) is 11.4 Å². The Labute approximate surface area is 201 Å². The first kappa shape index (κ1) is 26.2. The van der Waals surface area contributed by atoms with Crippen molar-refractivity contribution in [3.63, 3.8) is 0 Å². The van der Waals surface area contributed by atoms with Gasteiger partial charge >= 0.3 is 0 Å². The van der Waals surface area contributed by atoms with Gasteiger partial charge in [0.25, 0.3) is 0 Å². The van der Waals surface area contributed by atoms with Gasteiger partial charge < -0.3 is 15.1 Å². The Morgan fingerprint density at radius 2 is 1.56 bits per heavy atom. The molecule has 1 amide bonds. The zero-order valence-corrected chi connectivity index (χ0v) is 20.5. The maximum Gasteiger partial charge on any atom is 0.228 e. The highest BCUT2D eigenvalue weighted by molar-refractivity contribution is 6.18. The van der Waals surface area contributed by atoms with Crippen molar-refractivity contribution in [3.05, 3.63) is 59.7 Å². The second kappa shape index (κ2) is 14.1. The van der Waals surface area contributed by atoms with Crippen molar-refractivity contribution in [2.24, 2.45) is 0 Å². The lowest BCUT2D eigenvalue weighted by molar-refractivity contribution is -0.118. The minimum absolute atomic E-state index is 0.0921. The number of anilines is 2. The van der Waals surface area contributed by atoms with Crippen molar-refractivity contribution < 1.29 is 9.59 Å². The predicted molar refractivity (Wildman–Crippen MR) is 135 cm³/mol. The number of halogens is 2. The highest BCUT2D eigenvalue weighted by atomic mass is 35.5. The molecule has 2 aromatic rings. The minimum atomic E-state index is -0.0921. The standard InChI is InChI=1S/C25H33Cl2N3O2/c1-29(2)14-4-7-24(31)18-21-5-3-6-22(17-21)28-25(32)19-20-8-10-23(11-9-20)30(15-12-26)16-13-27/h3,5-6,8-11,17H,4,7,12-16,18-19H2,1-2H3,(H,28,32). The van der Waals surface area contributed by atoms with Crippen LogP contribution >= 0.6 is 23.2 Å². The number of carbonyl (C=O) groups excluding carboxylic acids is 2. The first-order valence-corrected chi connectivity index (χ1v) is 12.0. The zero-order valence-electron chi connectivity index (χ0n) is 18.9. The van der Waals surface area contributed by atoms with E-state index < -0.39 is 0 Å². The highest BCUT2D eigenvalue weighted by Crippen LogP contribution is 2.17. The number of hydrogen-bond donors (Lipinski definition) is 1. The summed E-state index contributed by atoms with van der Waals surface area (Å²) in [6.45, 7) is 2.35. The number of alkyl halides is 2. The summed E-state index contributed by atoms with van der Waals surface area (Å²) >= 11 is 11.7. The molecule has 5 nitrogen and oxygen atoms in total. The molecule has 0 aliphatic carbocycles. The van der Waals surface area contributed by atoms with E-state index in [1.807, 2.05) is 62.6 Å². The molecule has 174 valence electrons. The molecule has 0 radical (unpaired) electrons. The second-order valence-corrected chi connectivity index (χ2v) is 8.84. The highest BCUT2D eigenvalue weighted by Gasteiger charge is 2.09. The lowest BCUT2D eigenvalue weighted by atomic mass is 10.0. The van der Waals surface area contributed by atoms with Crippen LogP contribution in [0.25, 0.3) is 0 Å². The topological polar surface area (TPSA) is 52.7 Å². The van der Waals surface area contributed by atoms with Gasteiger partial charge in [-0.2, -0.15) is 0 Å². The van der Waals surface area contributed by atoms with Crippen LogP contribution in [0.1, 0.15) is 24.0 Å². The molecule has 0 saturated heterocycles. The van der Waals surface area contributed by atoms with Crippen molar-refractivity contribution in [3.8, 4) is 0 Å². The normalized spacial score (nSPS) is 10.9. The summed E-state index contributed by atoms with van der Waals surface area (Å²) in [6.07, 6.45) is 2.09. The third kappa shape index (κ3) is 9.60. The van der Waals surface area contributed by atoms with E-state index in [-0.39, 0.29) is 18.1 Å². The predicted octanol–water partition coefficient (Wildman–Crippen LogP) is 4.61. The van der Waals surface area contributed by atoms with Gasteiger partial charge in [0.05, 0.1) is 6.42 Å². The molecule has 2 aromatic carbocycles. The van der Waals surface area contributed by atoms with Crippen molar-refractivity contribution in [1.29, 1.82) is 0 Å². The van der Waals surface area contributed by atoms with Crippen molar-refractivity contribution in [2.45, 2.75) is 25.7 Å². The quantitative estimate of drug-likeness (QED) is 0.403. The molecular formula is C25H33Cl2N3O2. The van der Waals surface area contributed by atoms with Gasteiger partial charge in [-0.3, -0.25) is 9.59 Å². The summed E-state index contributed by atoms with van der Waals surface area (Å²) in [7, 11) is 4.01. The Hall–Kier alpha value is -2.08. The SMILES string of the molecule is CN(C)CCCC(=O)Cc1cccc(NC(=O)Cc2ccc(N(CCCl)CCCl)cc2)c1. The molecule has 0 fully saturated rings. The fourth-order valence-electron chi connectivity index (χ4n) is 3.46. The third-order valence-corrected chi connectivity index (χ3v) is 5.39. The Kier molecular flexibility index (Phi) is 11.6. The Morgan fingerprint density at radius 3 is 2.19 bits per heavy atom. The first-order valence-electron chi connectivity index (χ1n) is 10.9. The number of nitrogens with one attached hydrogen (secondary N) is 1. The largest absolute Gasteiger partial charge is 0.369 e. The second-order valence-electron chi connectivity index (χ2n) is 8.08. The molecule has 2 rings (SSSR count). The number of hydrogen-bond acceptors (Lipinski definition) is 4. The van der Waals surface area contributed by atoms with Gasteiger partial charge in [0, 0.05) is 49.1 Å². The van der Waals surface area contributed by atoms with E-state index in [4.69, 9.17) is 23.2 Å². The molecular weight excluding hydrogens is 445 g/mol. The van der Waals surface area contributed by atoms with Gasteiger partial charge in [0.1, 0.15) is 5.78 Å². The fourth-order valence-corrected chi connectivity index (χ4v) is 3.86. The summed E-state index contributed by atoms with van der Waals surface area (Å²) in [4.78, 5) is 28.9. The van der Waals surface area contributed by atoms with E-state index in [9.17, 15) is 9.59 Å². The maximum absolute atomic E-state index is 12.5. The molecule has 1 N–H and O–H groups in total. The van der Waals surface area contributed by atoms with Gasteiger partial charge in [-0.1, -0.05) is 24.3 Å². The van der Waals surface area contributed by atoms with Gasteiger partial charge in [0.15, 0.2) is 0 Å². The molecule has 0 aliphatic heterocycles. The molecule has 0 saturated carbocycles. The fraction of sp³-hybridized carbons (Fsp3) is 0.440. The summed E-state index contributed by atoms with van der Waals surface area (Å²) in [5.41, 5.74) is 3.59. The van der Waals surface area contributed by atoms with E-state index in [0.717, 1.165) is 42.9 Å². The molecule has 0 aliphatic rings. The lowest BCUT2D eigenvalue weighted by Gasteiger charge is -2.23. The number of amides is 1. The minimum Gasteiger partial charge on any atom is -0.369 e. The van der Waals surface area contributed by atoms with Crippen molar-refractivity contribution in [1.82, 2.24) is 4.90 Å². The maximum atomic E-state index is 12.5. The molecule has 32 heavy (non-hydrogen) atoms. The molecule has 0 spiro atoms. The van der Waals surface area contributed by atoms with Gasteiger partial charge in [0.2, 0.25) is 5.91 Å². The Morgan fingerprint density at radius 1 is 0.875 bits per heavy atom. The molecule has 7 heteroatoms. The van der Waals surface area contributed by atoms with Gasteiger partial charge in [-0.05, 0) is 62.5 Å². The number of Topliss-reactive ketones (excluding diaryl/α,β-unsaturated/α-hetero) is 1. The van der Waals surface area contributed by atoms with E-state index >= 15 is 0 Å². The van der Waals surface area contributed by atoms with Crippen LogP contribution in [0.2, 0.25) is 0 Å². The molecule has 0 atom stereocenters. The zero-order chi connectivity index (χ0) is 23.3. The van der Waals surface area contributed by atoms with Crippen LogP contribution in [0.3, 0.4) is 0 Å². The molecule has 0 heterocycles. The van der Waals surface area contributed by atoms with Gasteiger partial charge in [-0.15, -0.1) is 23.2 Å². The average molecular weight is 478 g/mol. The Bertz CT molecular complexity index is 851. The van der Waals surface area contributed by atoms with E-state index in [2.05, 4.69) is 15.1 Å². The van der Waals surface area contributed by atoms with Gasteiger partial charge in [-0.25, -0.2) is 0 Å². The summed E-state index contributed by atoms with van der Waals surface area (Å²) in [5.74, 6) is 1.18. The number of nitrogens with zero attached hydrogens (tertiary/aromatic N) is 2. The van der Waals surface area contributed by atoms with Crippen molar-refractivity contribution in [2.75, 3.05) is 55.7 Å². The van der Waals surface area contributed by atoms with E-state index in [0.29, 0.717) is 30.3 Å². The van der Waals surface area contributed by atoms with E-state index in [1.165, 1.54) is 0 Å². The first-order chi connectivity index (χ1) is 15.4. The average Bonchev–Trinajstić information content (AvgIpc) is 2.74. The lowest BCUT2D eigenvalue weighted by Crippen LogP contribution is -2.27. The summed E-state index contributed by atoms with van der Waals surface area (Å²) < 4.78 is 0. The van der Waals surface area contributed by atoms with E-state index in [1.54, 1.807) is 0 Å². The van der Waals surface area contributed by atoms with Crippen LogP contribution in [0.5, 0.6) is 0 Å². The third-order valence-electron chi connectivity index (χ3n) is 5.05. The number of carbonyl (C=O) groups is 2. The van der Waals surface area contributed by atoms with Crippen LogP contribution < -0.4 is 10.2 Å². The number of benzene rings is 2. The smallest absolute Gasteiger partial charge is 0.228 e. The Balaban J connectivity index is 1.88. The number of rotatable bonds is 14. The monoisotopic (exact) mass is 477 g/mol. The van der Waals surface area contributed by atoms with Crippen LogP contribution in [-0.2, 0) is 22.4 Å². The van der Waals surface area contributed by atoms with Crippen LogP contribution in [0, 0.1) is 0 Å². The molecule has 0 unspecified atom stereocenters. The van der Waals surface area contributed by atoms with Crippen LogP contribution in [0.15, 0.2) is 48.5 Å². The van der Waals surface area contributed by atoms with Crippen molar-refractivity contribution >= 4 is 46.3 Å². The molecule has 0 aromatic heterocycles. The summed E-state index contributed by atoms with van der Waals surface area (Å²) in [6, 6.07) is 15.4. The number of ketones is 1. The van der Waals surface area contributed by atoms with Crippen LogP contribution in [-0.4, -0.2) is 62.1 Å². The molecule has 0 bridgehead atoms. The summed E-state index contributed by atoms with van der Waals surface area (Å²) in [5, 5.41) is 2.94.